The number of rotatable bonds is 11. The molecule has 0 aliphatic rings. The number of alkyl carbamates (subject to hydrolysis) is 1. The molecule has 1 aromatic carbocycles. The van der Waals surface area contributed by atoms with E-state index in [2.05, 4.69) is 20.6 Å². The summed E-state index contributed by atoms with van der Waals surface area (Å²) in [5.74, 6) is -0.294. The fourth-order valence-electron chi connectivity index (χ4n) is 3.31. The summed E-state index contributed by atoms with van der Waals surface area (Å²) in [6.07, 6.45) is 2.15. The number of para-hydroxylation sites is 1. The Hall–Kier alpha value is -3.43. The lowest BCUT2D eigenvalue weighted by molar-refractivity contribution is -0.145. The van der Waals surface area contributed by atoms with Gasteiger partial charge in [0.25, 0.3) is 5.56 Å². The number of nitrogens with one attached hydrogen (secondary N) is 3. The van der Waals surface area contributed by atoms with Gasteiger partial charge < -0.3 is 25.1 Å². The summed E-state index contributed by atoms with van der Waals surface area (Å²) in [6, 6.07) is 6.30. The van der Waals surface area contributed by atoms with Crippen molar-refractivity contribution < 1.29 is 23.9 Å². The third-order valence-electron chi connectivity index (χ3n) is 4.89. The molecule has 0 radical (unpaired) electrons. The number of benzene rings is 1. The van der Waals surface area contributed by atoms with E-state index in [4.69, 9.17) is 9.47 Å². The van der Waals surface area contributed by atoms with Crippen LogP contribution in [-0.4, -0.2) is 53.2 Å². The van der Waals surface area contributed by atoms with Crippen LogP contribution in [0.1, 0.15) is 58.7 Å². The number of esters is 1. The summed E-state index contributed by atoms with van der Waals surface area (Å²) in [6.45, 7) is 5.75. The van der Waals surface area contributed by atoms with Gasteiger partial charge in [0.05, 0.1) is 18.0 Å². The van der Waals surface area contributed by atoms with Crippen molar-refractivity contribution in [3.05, 3.63) is 40.4 Å². The smallest absolute Gasteiger partial charge is 0.407 e. The van der Waals surface area contributed by atoms with E-state index in [1.54, 1.807) is 39.0 Å². The van der Waals surface area contributed by atoms with Gasteiger partial charge in [-0.2, -0.15) is 0 Å². The average Bonchev–Trinajstić information content (AvgIpc) is 2.76. The number of aromatic amines is 1. The first-order valence-electron chi connectivity index (χ1n) is 11.4. The molecular weight excluding hydrogens is 440 g/mol. The highest BCUT2D eigenvalue weighted by molar-refractivity contribution is 5.84. The summed E-state index contributed by atoms with van der Waals surface area (Å²) >= 11 is 0. The maximum absolute atomic E-state index is 12.4. The van der Waals surface area contributed by atoms with Crippen LogP contribution in [0.4, 0.5) is 4.79 Å². The van der Waals surface area contributed by atoms with E-state index in [1.165, 1.54) is 7.11 Å². The summed E-state index contributed by atoms with van der Waals surface area (Å²) < 4.78 is 9.96. The van der Waals surface area contributed by atoms with Gasteiger partial charge in [0.15, 0.2) is 0 Å². The minimum absolute atomic E-state index is 0.171. The highest BCUT2D eigenvalue weighted by atomic mass is 16.6. The lowest BCUT2D eigenvalue weighted by Gasteiger charge is -2.20. The van der Waals surface area contributed by atoms with E-state index in [1.807, 2.05) is 6.07 Å². The SMILES string of the molecule is COC(=O)[C@H](CCCCNC(=O)OC(C)(C)C)NC(=O)CCCc1nc2ccccc2c(=O)[nH]1. The van der Waals surface area contributed by atoms with E-state index < -0.39 is 23.7 Å². The van der Waals surface area contributed by atoms with E-state index in [9.17, 15) is 19.2 Å². The van der Waals surface area contributed by atoms with Crippen molar-refractivity contribution in [2.45, 2.75) is 70.9 Å². The van der Waals surface area contributed by atoms with Crippen molar-refractivity contribution in [3.63, 3.8) is 0 Å². The number of ether oxygens (including phenoxy) is 2. The van der Waals surface area contributed by atoms with Crippen LogP contribution in [0.2, 0.25) is 0 Å². The summed E-state index contributed by atoms with van der Waals surface area (Å²) in [5.41, 5.74) is -0.168. The summed E-state index contributed by atoms with van der Waals surface area (Å²) in [5, 5.41) is 5.89. The maximum atomic E-state index is 12.4. The molecule has 0 aliphatic carbocycles. The minimum Gasteiger partial charge on any atom is -0.467 e. The van der Waals surface area contributed by atoms with Gasteiger partial charge in [-0.3, -0.25) is 9.59 Å². The molecule has 0 saturated heterocycles. The number of H-pyrrole nitrogens is 1. The van der Waals surface area contributed by atoms with E-state index >= 15 is 0 Å². The molecule has 2 rings (SSSR count). The fourth-order valence-corrected chi connectivity index (χ4v) is 3.31. The van der Waals surface area contributed by atoms with Crippen LogP contribution >= 0.6 is 0 Å². The molecule has 0 aliphatic heterocycles. The largest absolute Gasteiger partial charge is 0.467 e. The van der Waals surface area contributed by atoms with Gasteiger partial charge in [-0.15, -0.1) is 0 Å². The highest BCUT2D eigenvalue weighted by Gasteiger charge is 2.21. The Kier molecular flexibility index (Phi) is 10.0. The molecule has 1 heterocycles. The van der Waals surface area contributed by atoms with Crippen LogP contribution < -0.4 is 16.2 Å². The second-order valence-corrected chi connectivity index (χ2v) is 8.95. The van der Waals surface area contributed by atoms with Crippen LogP contribution in [0.15, 0.2) is 29.1 Å². The molecule has 0 bridgehead atoms. The predicted octanol–water partition coefficient (Wildman–Crippen LogP) is 2.60. The number of methoxy groups -OCH3 is 1. The predicted molar refractivity (Wildman–Crippen MR) is 127 cm³/mol. The van der Waals surface area contributed by atoms with Crippen molar-refractivity contribution in [1.29, 1.82) is 0 Å². The van der Waals surface area contributed by atoms with Crippen LogP contribution in [0.3, 0.4) is 0 Å². The lowest BCUT2D eigenvalue weighted by atomic mass is 10.1. The molecule has 0 fully saturated rings. The molecule has 0 spiro atoms. The Bertz CT molecular complexity index is 1040. The first-order valence-corrected chi connectivity index (χ1v) is 11.4. The molecule has 1 atom stereocenters. The van der Waals surface area contributed by atoms with Crippen LogP contribution in [0.5, 0.6) is 0 Å². The maximum Gasteiger partial charge on any atom is 0.407 e. The molecule has 186 valence electrons. The summed E-state index contributed by atoms with van der Waals surface area (Å²) in [4.78, 5) is 55.4. The van der Waals surface area contributed by atoms with Crippen LogP contribution in [-0.2, 0) is 25.5 Å². The average molecular weight is 475 g/mol. The number of carbonyl (C=O) groups is 3. The highest BCUT2D eigenvalue weighted by Crippen LogP contribution is 2.09. The third-order valence-corrected chi connectivity index (χ3v) is 4.89. The summed E-state index contributed by atoms with van der Waals surface area (Å²) in [7, 11) is 1.27. The number of aryl methyl sites for hydroxylation is 1. The molecule has 1 aromatic heterocycles. The first kappa shape index (κ1) is 26.8. The molecule has 10 heteroatoms. The number of nitrogens with zero attached hydrogens (tertiary/aromatic N) is 1. The van der Waals surface area contributed by atoms with Crippen molar-refractivity contribution in [1.82, 2.24) is 20.6 Å². The zero-order chi connectivity index (χ0) is 25.1. The lowest BCUT2D eigenvalue weighted by Crippen LogP contribution is -2.41. The molecule has 2 aromatic rings. The van der Waals surface area contributed by atoms with E-state index in [-0.39, 0.29) is 17.9 Å². The second kappa shape index (κ2) is 12.7. The quantitative estimate of drug-likeness (QED) is 0.336. The molecule has 0 saturated carbocycles. The first-order chi connectivity index (χ1) is 16.1. The van der Waals surface area contributed by atoms with Crippen molar-refractivity contribution in [2.24, 2.45) is 0 Å². The number of unbranched alkanes of at least 4 members (excludes halogenated alkanes) is 1. The zero-order valence-corrected chi connectivity index (χ0v) is 20.2. The Morgan fingerprint density at radius 1 is 1.12 bits per heavy atom. The van der Waals surface area contributed by atoms with Gasteiger partial charge in [0, 0.05) is 19.4 Å². The fraction of sp³-hybridized carbons (Fsp3) is 0.542. The molecule has 10 nitrogen and oxygen atoms in total. The van der Waals surface area contributed by atoms with E-state index in [0.717, 1.165) is 0 Å². The normalized spacial score (nSPS) is 12.1. The number of fused-ring (bicyclic) bond motifs is 1. The monoisotopic (exact) mass is 474 g/mol. The molecule has 3 N–H and O–H groups in total. The van der Waals surface area contributed by atoms with Crippen LogP contribution in [0, 0.1) is 0 Å². The molecular formula is C24H34N4O6. The number of aromatic nitrogens is 2. The second-order valence-electron chi connectivity index (χ2n) is 8.95. The van der Waals surface area contributed by atoms with Gasteiger partial charge in [0.1, 0.15) is 17.5 Å². The standard InChI is InChI=1S/C24H34N4O6/c1-24(2,3)34-23(32)25-15-8-7-12-18(22(31)33-4)27-20(29)14-9-13-19-26-17-11-6-5-10-16(17)21(30)28-19/h5-6,10-11,18H,7-9,12-15H2,1-4H3,(H,25,32)(H,27,29)(H,26,28,30)/t18-/m0/s1. The third kappa shape index (κ3) is 9.21. The topological polar surface area (TPSA) is 139 Å². The van der Waals surface area contributed by atoms with Gasteiger partial charge >= 0.3 is 12.1 Å². The zero-order valence-electron chi connectivity index (χ0n) is 20.2. The van der Waals surface area contributed by atoms with E-state index in [0.29, 0.717) is 55.4 Å². The van der Waals surface area contributed by atoms with Crippen LogP contribution in [0.25, 0.3) is 10.9 Å². The van der Waals surface area contributed by atoms with Gasteiger partial charge in [-0.25, -0.2) is 14.6 Å². The Labute approximate surface area is 198 Å². The Morgan fingerprint density at radius 2 is 1.85 bits per heavy atom. The number of hydrogen-bond donors (Lipinski definition) is 3. The van der Waals surface area contributed by atoms with Gasteiger partial charge in [-0.1, -0.05) is 12.1 Å². The molecule has 2 amide bonds. The number of hydrogen-bond acceptors (Lipinski definition) is 7. The minimum atomic E-state index is -0.766. The van der Waals surface area contributed by atoms with Crippen molar-refractivity contribution >= 4 is 28.9 Å². The van der Waals surface area contributed by atoms with Crippen molar-refractivity contribution in [2.75, 3.05) is 13.7 Å². The van der Waals surface area contributed by atoms with Crippen molar-refractivity contribution in [3.8, 4) is 0 Å². The molecule has 0 unspecified atom stereocenters. The van der Waals surface area contributed by atoms with Gasteiger partial charge in [0.2, 0.25) is 5.91 Å². The number of amides is 2. The van der Waals surface area contributed by atoms with Gasteiger partial charge in [-0.05, 0) is 58.6 Å². The Morgan fingerprint density at radius 3 is 2.56 bits per heavy atom. The Balaban J connectivity index is 1.75. The molecule has 34 heavy (non-hydrogen) atoms. The number of carbonyl (C=O) groups excluding carboxylic acids is 3.